The van der Waals surface area contributed by atoms with E-state index in [1.807, 2.05) is 13.1 Å². The monoisotopic (exact) mass is 526 g/mol. The summed E-state index contributed by atoms with van der Waals surface area (Å²) in [6, 6.07) is 3.45. The predicted molar refractivity (Wildman–Crippen MR) is 135 cm³/mol. The van der Waals surface area contributed by atoms with Crippen LogP contribution in [0.3, 0.4) is 0 Å². The molecule has 4 aromatic rings. The molecule has 0 spiro atoms. The fourth-order valence-corrected chi connectivity index (χ4v) is 5.46. The van der Waals surface area contributed by atoms with Crippen molar-refractivity contribution in [2.75, 3.05) is 19.5 Å². The lowest BCUT2D eigenvalue weighted by Gasteiger charge is -2.13. The van der Waals surface area contributed by atoms with Gasteiger partial charge in [0.25, 0.3) is 5.91 Å². The lowest BCUT2D eigenvalue weighted by atomic mass is 10.0. The molecule has 186 valence electrons. The average molecular weight is 527 g/mol. The van der Waals surface area contributed by atoms with E-state index in [0.717, 1.165) is 24.2 Å². The number of pyridine rings is 2. The largest absolute Gasteiger partial charge is 0.494 e. The Kier molecular flexibility index (Phi) is 6.59. The Morgan fingerprint density at radius 2 is 2.00 bits per heavy atom. The third kappa shape index (κ3) is 4.63. The number of carbonyl (C=O) groups excluding carboxylic acids is 2. The molecule has 0 bridgehead atoms. The normalized spacial score (nSPS) is 17.3. The van der Waals surface area contributed by atoms with Gasteiger partial charge in [0, 0.05) is 28.9 Å². The van der Waals surface area contributed by atoms with Crippen molar-refractivity contribution in [3.05, 3.63) is 52.8 Å². The van der Waals surface area contributed by atoms with Crippen LogP contribution in [0.5, 0.6) is 5.75 Å². The van der Waals surface area contributed by atoms with Gasteiger partial charge in [-0.15, -0.1) is 5.10 Å². The Morgan fingerprint density at radius 1 is 1.17 bits per heavy atom. The van der Waals surface area contributed by atoms with Gasteiger partial charge in [0.15, 0.2) is 0 Å². The molecule has 1 N–H and O–H groups in total. The van der Waals surface area contributed by atoms with E-state index in [1.165, 1.54) is 38.0 Å². The van der Waals surface area contributed by atoms with Crippen LogP contribution < -0.4 is 10.1 Å². The molecule has 1 fully saturated rings. The molecule has 4 heterocycles. The minimum absolute atomic E-state index is 0.0891. The number of aromatic nitrogens is 5. The van der Waals surface area contributed by atoms with Crippen molar-refractivity contribution < 1.29 is 19.1 Å². The maximum atomic E-state index is 13.3. The van der Waals surface area contributed by atoms with E-state index < -0.39 is 0 Å². The number of halogens is 1. The van der Waals surface area contributed by atoms with E-state index in [9.17, 15) is 9.59 Å². The summed E-state index contributed by atoms with van der Waals surface area (Å²) in [4.78, 5) is 38.8. The Hall–Kier alpha value is -3.57. The van der Waals surface area contributed by atoms with Crippen LogP contribution in [-0.4, -0.2) is 50.7 Å². The number of hydrogen-bond donors (Lipinski definition) is 1. The van der Waals surface area contributed by atoms with Crippen LogP contribution >= 0.6 is 22.9 Å². The van der Waals surface area contributed by atoms with Crippen molar-refractivity contribution in [2.45, 2.75) is 32.1 Å². The molecule has 0 radical (unpaired) electrons. The van der Waals surface area contributed by atoms with Crippen LogP contribution in [0, 0.1) is 12.8 Å². The number of anilines is 1. The van der Waals surface area contributed by atoms with Crippen LogP contribution in [0.25, 0.3) is 16.1 Å². The molecule has 10 nitrogen and oxygen atoms in total. The molecular formula is C24H23ClN6O4S. The zero-order valence-electron chi connectivity index (χ0n) is 19.8. The summed E-state index contributed by atoms with van der Waals surface area (Å²) in [5.74, 6) is 0.0403. The second-order valence-corrected chi connectivity index (χ2v) is 9.91. The number of esters is 1. The lowest BCUT2D eigenvalue weighted by Crippen LogP contribution is -2.14. The average Bonchev–Trinajstić information content (AvgIpc) is 3.58. The third-order valence-electron chi connectivity index (χ3n) is 6.30. The first kappa shape index (κ1) is 24.1. The van der Waals surface area contributed by atoms with Gasteiger partial charge in [-0.1, -0.05) is 22.9 Å². The van der Waals surface area contributed by atoms with E-state index in [0.29, 0.717) is 39.0 Å². The SMILES string of the molecule is COC(=O)C1CCC(c2cn3nc(NC(=O)c4cnc(C)cc4-c4cc(Cl)ncc4OC)sc3n2)C1. The van der Waals surface area contributed by atoms with Gasteiger partial charge < -0.3 is 9.47 Å². The van der Waals surface area contributed by atoms with Crippen LogP contribution in [0.2, 0.25) is 5.15 Å². The Morgan fingerprint density at radius 3 is 2.75 bits per heavy atom. The number of rotatable bonds is 6. The minimum Gasteiger partial charge on any atom is -0.494 e. The molecule has 36 heavy (non-hydrogen) atoms. The number of nitrogens with zero attached hydrogens (tertiary/aromatic N) is 5. The number of hydrogen-bond acceptors (Lipinski definition) is 9. The second-order valence-electron chi connectivity index (χ2n) is 8.56. The van der Waals surface area contributed by atoms with Crippen LogP contribution in [-0.2, 0) is 9.53 Å². The molecular weight excluding hydrogens is 504 g/mol. The highest BCUT2D eigenvalue weighted by molar-refractivity contribution is 7.20. The van der Waals surface area contributed by atoms with Crippen molar-refractivity contribution in [1.82, 2.24) is 24.6 Å². The van der Waals surface area contributed by atoms with Crippen molar-refractivity contribution in [2.24, 2.45) is 5.92 Å². The number of fused-ring (bicyclic) bond motifs is 1. The number of aryl methyl sites for hydroxylation is 1. The summed E-state index contributed by atoms with van der Waals surface area (Å²) in [7, 11) is 2.95. The van der Waals surface area contributed by atoms with Crippen LogP contribution in [0.15, 0.2) is 30.7 Å². The zero-order chi connectivity index (χ0) is 25.4. The molecule has 0 aromatic carbocycles. The second kappa shape index (κ2) is 9.82. The highest BCUT2D eigenvalue weighted by Gasteiger charge is 2.33. The highest BCUT2D eigenvalue weighted by Crippen LogP contribution is 2.39. The number of carbonyl (C=O) groups is 2. The first-order valence-corrected chi connectivity index (χ1v) is 12.5. The number of amides is 1. The Bertz CT molecular complexity index is 1440. The van der Waals surface area contributed by atoms with Crippen LogP contribution in [0.1, 0.15) is 46.9 Å². The van der Waals surface area contributed by atoms with Gasteiger partial charge in [-0.3, -0.25) is 19.9 Å². The molecule has 0 aliphatic heterocycles. The summed E-state index contributed by atoms with van der Waals surface area (Å²) in [6.45, 7) is 1.84. The van der Waals surface area contributed by atoms with E-state index in [4.69, 9.17) is 21.1 Å². The molecule has 1 amide bonds. The Balaban J connectivity index is 1.38. The fourth-order valence-electron chi connectivity index (χ4n) is 4.51. The third-order valence-corrected chi connectivity index (χ3v) is 7.34. The van der Waals surface area contributed by atoms with Crippen molar-refractivity contribution in [3.8, 4) is 16.9 Å². The molecule has 1 saturated carbocycles. The molecule has 2 unspecified atom stereocenters. The minimum atomic E-state index is -0.374. The maximum absolute atomic E-state index is 13.3. The maximum Gasteiger partial charge on any atom is 0.308 e. The summed E-state index contributed by atoms with van der Waals surface area (Å²) in [6.07, 6.45) is 7.27. The molecule has 2 atom stereocenters. The summed E-state index contributed by atoms with van der Waals surface area (Å²) in [5.41, 5.74) is 3.22. The topological polar surface area (TPSA) is 121 Å². The quantitative estimate of drug-likeness (QED) is 0.287. The summed E-state index contributed by atoms with van der Waals surface area (Å²) in [5, 5.41) is 8.02. The smallest absolute Gasteiger partial charge is 0.308 e. The summed E-state index contributed by atoms with van der Waals surface area (Å²) >= 11 is 7.39. The molecule has 0 saturated heterocycles. The van der Waals surface area contributed by atoms with E-state index >= 15 is 0 Å². The van der Waals surface area contributed by atoms with E-state index in [1.54, 1.807) is 16.6 Å². The molecule has 4 aromatic heterocycles. The standard InChI is InChI=1S/C24H23ClN6O4S/c1-12-6-15(16-8-20(25)27-10-19(16)34-2)17(9-26-12)21(32)29-23-30-31-11-18(28-24(31)36-23)13-4-5-14(7-13)22(33)35-3/h6,8-11,13-14H,4-5,7H2,1-3H3,(H,29,30,32). The van der Waals surface area contributed by atoms with Gasteiger partial charge in [0.05, 0.1) is 43.8 Å². The number of imidazole rings is 1. The number of nitrogens with one attached hydrogen (secondary N) is 1. The van der Waals surface area contributed by atoms with Gasteiger partial charge >= 0.3 is 5.97 Å². The molecule has 5 rings (SSSR count). The van der Waals surface area contributed by atoms with Crippen molar-refractivity contribution >= 4 is 44.9 Å². The van der Waals surface area contributed by atoms with Gasteiger partial charge in [0.2, 0.25) is 10.1 Å². The highest BCUT2D eigenvalue weighted by atomic mass is 35.5. The summed E-state index contributed by atoms with van der Waals surface area (Å²) < 4.78 is 12.0. The van der Waals surface area contributed by atoms with Crippen molar-refractivity contribution in [3.63, 3.8) is 0 Å². The fraction of sp³-hybridized carbons (Fsp3) is 0.333. The van der Waals surface area contributed by atoms with Crippen LogP contribution in [0.4, 0.5) is 5.13 Å². The molecule has 1 aliphatic rings. The number of ether oxygens (including phenoxy) is 2. The number of methoxy groups -OCH3 is 2. The molecule has 12 heteroatoms. The predicted octanol–water partition coefficient (Wildman–Crippen LogP) is 4.53. The van der Waals surface area contributed by atoms with E-state index in [2.05, 4.69) is 25.4 Å². The van der Waals surface area contributed by atoms with Gasteiger partial charge in [0.1, 0.15) is 10.9 Å². The Labute approximate surface area is 215 Å². The van der Waals surface area contributed by atoms with Crippen molar-refractivity contribution in [1.29, 1.82) is 0 Å². The molecule has 1 aliphatic carbocycles. The first-order valence-electron chi connectivity index (χ1n) is 11.3. The lowest BCUT2D eigenvalue weighted by molar-refractivity contribution is -0.145. The van der Waals surface area contributed by atoms with E-state index in [-0.39, 0.29) is 28.9 Å². The first-order chi connectivity index (χ1) is 17.4. The zero-order valence-corrected chi connectivity index (χ0v) is 21.4. The van der Waals surface area contributed by atoms with Gasteiger partial charge in [-0.2, -0.15) is 0 Å². The van der Waals surface area contributed by atoms with Gasteiger partial charge in [-0.05, 0) is 38.3 Å². The van der Waals surface area contributed by atoms with Gasteiger partial charge in [-0.25, -0.2) is 14.5 Å².